The Morgan fingerprint density at radius 3 is 2.80 bits per heavy atom. The average Bonchev–Trinajstić information content (AvgIpc) is 2.17. The van der Waals surface area contributed by atoms with Crippen molar-refractivity contribution in [3.8, 4) is 0 Å². The number of amides is 1. The van der Waals surface area contributed by atoms with E-state index < -0.39 is 5.41 Å². The Morgan fingerprint density at radius 1 is 1.60 bits per heavy atom. The zero-order valence-corrected chi connectivity index (χ0v) is 10.0. The second-order valence-electron chi connectivity index (χ2n) is 5.16. The van der Waals surface area contributed by atoms with E-state index in [1.807, 2.05) is 13.8 Å². The van der Waals surface area contributed by atoms with Gasteiger partial charge in [-0.2, -0.15) is 0 Å². The number of likely N-dealkylation sites (tertiary alicyclic amines) is 1. The van der Waals surface area contributed by atoms with Gasteiger partial charge in [-0.05, 0) is 40.3 Å². The molecule has 0 radical (unpaired) electrons. The maximum Gasteiger partial charge on any atom is 0.227 e. The Kier molecular flexibility index (Phi) is 4.11. The number of carbonyl (C=O) groups excluding carboxylic acids is 1. The standard InChI is InChI=1S/C11H23N3O/c1-11(2,8-12)10(15)13-9-5-4-6-14(3)7-9/h9H,4-8,12H2,1-3H3,(H,13,15). The Morgan fingerprint density at radius 2 is 2.27 bits per heavy atom. The van der Waals surface area contributed by atoms with Crippen LogP contribution in [0.3, 0.4) is 0 Å². The number of nitrogens with one attached hydrogen (secondary N) is 1. The Bertz CT molecular complexity index is 228. The van der Waals surface area contributed by atoms with Crippen molar-refractivity contribution in [2.75, 3.05) is 26.7 Å². The summed E-state index contributed by atoms with van der Waals surface area (Å²) < 4.78 is 0. The summed E-state index contributed by atoms with van der Waals surface area (Å²) in [6.45, 7) is 6.24. The van der Waals surface area contributed by atoms with Crippen LogP contribution >= 0.6 is 0 Å². The van der Waals surface area contributed by atoms with E-state index in [9.17, 15) is 4.79 Å². The number of piperidine rings is 1. The van der Waals surface area contributed by atoms with E-state index in [-0.39, 0.29) is 5.91 Å². The van der Waals surface area contributed by atoms with E-state index in [0.717, 1.165) is 25.9 Å². The van der Waals surface area contributed by atoms with Gasteiger partial charge in [-0.15, -0.1) is 0 Å². The molecule has 1 unspecified atom stereocenters. The fourth-order valence-electron chi connectivity index (χ4n) is 1.76. The van der Waals surface area contributed by atoms with Crippen molar-refractivity contribution in [3.05, 3.63) is 0 Å². The molecule has 0 aromatic rings. The van der Waals surface area contributed by atoms with Gasteiger partial charge in [0.2, 0.25) is 5.91 Å². The molecule has 0 spiro atoms. The van der Waals surface area contributed by atoms with Gasteiger partial charge in [-0.1, -0.05) is 0 Å². The summed E-state index contributed by atoms with van der Waals surface area (Å²) in [5, 5.41) is 3.08. The lowest BCUT2D eigenvalue weighted by Crippen LogP contribution is -2.51. The number of nitrogens with two attached hydrogens (primary N) is 1. The number of likely N-dealkylation sites (N-methyl/N-ethyl adjacent to an activating group) is 1. The number of nitrogens with zero attached hydrogens (tertiary/aromatic N) is 1. The van der Waals surface area contributed by atoms with Crippen LogP contribution in [-0.2, 0) is 4.79 Å². The summed E-state index contributed by atoms with van der Waals surface area (Å²) in [7, 11) is 2.09. The molecule has 1 fully saturated rings. The maximum atomic E-state index is 11.9. The highest BCUT2D eigenvalue weighted by Gasteiger charge is 2.28. The van der Waals surface area contributed by atoms with Gasteiger partial charge in [0.25, 0.3) is 0 Å². The van der Waals surface area contributed by atoms with Crippen LogP contribution in [0.2, 0.25) is 0 Å². The van der Waals surface area contributed by atoms with E-state index in [4.69, 9.17) is 5.73 Å². The molecule has 1 amide bonds. The fraction of sp³-hybridized carbons (Fsp3) is 0.909. The first-order valence-electron chi connectivity index (χ1n) is 5.65. The highest BCUT2D eigenvalue weighted by atomic mass is 16.2. The van der Waals surface area contributed by atoms with E-state index in [0.29, 0.717) is 12.6 Å². The highest BCUT2D eigenvalue weighted by molar-refractivity contribution is 5.82. The average molecular weight is 213 g/mol. The van der Waals surface area contributed by atoms with Crippen LogP contribution in [0.5, 0.6) is 0 Å². The zero-order valence-electron chi connectivity index (χ0n) is 10.0. The molecule has 0 aliphatic carbocycles. The van der Waals surface area contributed by atoms with E-state index in [2.05, 4.69) is 17.3 Å². The quantitative estimate of drug-likeness (QED) is 0.703. The Hall–Kier alpha value is -0.610. The van der Waals surface area contributed by atoms with Crippen LogP contribution in [0.15, 0.2) is 0 Å². The van der Waals surface area contributed by atoms with Gasteiger partial charge in [0.05, 0.1) is 5.41 Å². The number of hydrogen-bond acceptors (Lipinski definition) is 3. The van der Waals surface area contributed by atoms with Gasteiger partial charge >= 0.3 is 0 Å². The third-order valence-corrected chi connectivity index (χ3v) is 3.08. The van der Waals surface area contributed by atoms with Gasteiger partial charge in [0, 0.05) is 19.1 Å². The second-order valence-corrected chi connectivity index (χ2v) is 5.16. The van der Waals surface area contributed by atoms with Crippen molar-refractivity contribution in [1.82, 2.24) is 10.2 Å². The predicted molar refractivity (Wildman–Crippen MR) is 61.5 cm³/mol. The third-order valence-electron chi connectivity index (χ3n) is 3.08. The van der Waals surface area contributed by atoms with Crippen molar-refractivity contribution >= 4 is 5.91 Å². The first-order chi connectivity index (χ1) is 6.95. The molecule has 1 aliphatic rings. The highest BCUT2D eigenvalue weighted by Crippen LogP contribution is 2.15. The SMILES string of the molecule is CN1CCCC(NC(=O)C(C)(C)CN)C1. The van der Waals surface area contributed by atoms with E-state index in [1.165, 1.54) is 0 Å². The zero-order chi connectivity index (χ0) is 11.5. The molecule has 88 valence electrons. The van der Waals surface area contributed by atoms with Crippen molar-refractivity contribution in [2.45, 2.75) is 32.7 Å². The molecule has 0 aromatic heterocycles. The number of hydrogen-bond donors (Lipinski definition) is 2. The molecule has 1 aliphatic heterocycles. The van der Waals surface area contributed by atoms with Crippen molar-refractivity contribution in [2.24, 2.45) is 11.1 Å². The van der Waals surface area contributed by atoms with E-state index in [1.54, 1.807) is 0 Å². The van der Waals surface area contributed by atoms with Crippen LogP contribution < -0.4 is 11.1 Å². The molecule has 1 saturated heterocycles. The summed E-state index contributed by atoms with van der Waals surface area (Å²) in [6, 6.07) is 0.294. The second kappa shape index (κ2) is 4.94. The summed E-state index contributed by atoms with van der Waals surface area (Å²) in [6.07, 6.45) is 2.24. The van der Waals surface area contributed by atoms with Gasteiger partial charge in [-0.3, -0.25) is 4.79 Å². The monoisotopic (exact) mass is 213 g/mol. The molecular formula is C11H23N3O. The van der Waals surface area contributed by atoms with Gasteiger partial charge < -0.3 is 16.0 Å². The van der Waals surface area contributed by atoms with Crippen molar-refractivity contribution < 1.29 is 4.79 Å². The minimum Gasteiger partial charge on any atom is -0.352 e. The van der Waals surface area contributed by atoms with E-state index >= 15 is 0 Å². The predicted octanol–water partition coefficient (Wildman–Crippen LogP) is 0.182. The van der Waals surface area contributed by atoms with Crippen LogP contribution in [0.1, 0.15) is 26.7 Å². The minimum absolute atomic E-state index is 0.0744. The summed E-state index contributed by atoms with van der Waals surface area (Å²) in [4.78, 5) is 14.1. The lowest BCUT2D eigenvalue weighted by atomic mass is 9.91. The smallest absolute Gasteiger partial charge is 0.227 e. The maximum absolute atomic E-state index is 11.9. The van der Waals surface area contributed by atoms with Gasteiger partial charge in [0.1, 0.15) is 0 Å². The molecular weight excluding hydrogens is 190 g/mol. The third kappa shape index (κ3) is 3.47. The lowest BCUT2D eigenvalue weighted by Gasteiger charge is -2.32. The molecule has 0 saturated carbocycles. The molecule has 0 bridgehead atoms. The summed E-state index contributed by atoms with van der Waals surface area (Å²) in [5.74, 6) is 0.0744. The first-order valence-corrected chi connectivity index (χ1v) is 5.65. The molecule has 1 rings (SSSR count). The number of carbonyl (C=O) groups is 1. The molecule has 1 atom stereocenters. The van der Waals surface area contributed by atoms with Crippen LogP contribution in [0.4, 0.5) is 0 Å². The number of rotatable bonds is 3. The lowest BCUT2D eigenvalue weighted by molar-refractivity contribution is -0.129. The summed E-state index contributed by atoms with van der Waals surface area (Å²) >= 11 is 0. The molecule has 15 heavy (non-hydrogen) atoms. The normalized spacial score (nSPS) is 23.9. The molecule has 1 heterocycles. The van der Waals surface area contributed by atoms with Crippen LogP contribution in [0, 0.1) is 5.41 Å². The molecule has 3 N–H and O–H groups in total. The Labute approximate surface area is 92.2 Å². The van der Waals surface area contributed by atoms with Crippen LogP contribution in [-0.4, -0.2) is 43.5 Å². The van der Waals surface area contributed by atoms with Gasteiger partial charge in [-0.25, -0.2) is 0 Å². The largest absolute Gasteiger partial charge is 0.352 e. The molecule has 4 nitrogen and oxygen atoms in total. The first kappa shape index (κ1) is 12.5. The minimum atomic E-state index is -0.448. The van der Waals surface area contributed by atoms with Crippen LogP contribution in [0.25, 0.3) is 0 Å². The molecule has 0 aromatic carbocycles. The molecule has 4 heteroatoms. The van der Waals surface area contributed by atoms with Crippen molar-refractivity contribution in [3.63, 3.8) is 0 Å². The topological polar surface area (TPSA) is 58.4 Å². The van der Waals surface area contributed by atoms with Crippen molar-refractivity contribution in [1.29, 1.82) is 0 Å². The Balaban J connectivity index is 2.44. The summed E-state index contributed by atoms with van der Waals surface area (Å²) in [5.41, 5.74) is 5.12. The fourth-order valence-corrected chi connectivity index (χ4v) is 1.76. The van der Waals surface area contributed by atoms with Gasteiger partial charge in [0.15, 0.2) is 0 Å².